The van der Waals surface area contributed by atoms with Crippen molar-refractivity contribution in [3.63, 3.8) is 0 Å². The Balaban J connectivity index is 1.78. The molecule has 1 aliphatic carbocycles. The minimum Gasteiger partial charge on any atom is -0.344 e. The van der Waals surface area contributed by atoms with Gasteiger partial charge in [-0.15, -0.1) is 0 Å². The topological polar surface area (TPSA) is 40.6 Å². The van der Waals surface area contributed by atoms with E-state index in [2.05, 4.69) is 0 Å². The van der Waals surface area contributed by atoms with Crippen LogP contribution in [0.1, 0.15) is 43.0 Å². The average molecular weight is 447 g/mol. The van der Waals surface area contributed by atoms with Crippen molar-refractivity contribution in [1.29, 1.82) is 0 Å². The van der Waals surface area contributed by atoms with Crippen molar-refractivity contribution in [3.05, 3.63) is 118 Å². The highest BCUT2D eigenvalue weighted by Gasteiger charge is 2.35. The Hall–Kier alpha value is -4.18. The van der Waals surface area contributed by atoms with E-state index in [1.165, 1.54) is 0 Å². The fraction of sp³-hybridized carbons (Fsp3) is 0.133. The second-order valence-electron chi connectivity index (χ2n) is 8.75. The molecule has 0 unspecified atom stereocenters. The quantitative estimate of drug-likeness (QED) is 0.311. The molecule has 0 saturated heterocycles. The molecule has 0 radical (unpaired) electrons. The van der Waals surface area contributed by atoms with E-state index in [9.17, 15) is 9.59 Å². The van der Waals surface area contributed by atoms with Crippen LogP contribution in [0.5, 0.6) is 0 Å². The minimum absolute atomic E-state index is 0.124. The predicted octanol–water partition coefficient (Wildman–Crippen LogP) is 6.61. The van der Waals surface area contributed by atoms with Gasteiger partial charge in [-0.3, -0.25) is 9.59 Å². The lowest BCUT2D eigenvalue weighted by Gasteiger charge is -2.31. The summed E-state index contributed by atoms with van der Waals surface area (Å²) < 4.78 is 0. The summed E-state index contributed by atoms with van der Waals surface area (Å²) >= 11 is 0. The lowest BCUT2D eigenvalue weighted by Crippen LogP contribution is -2.27. The van der Waals surface area contributed by atoms with Crippen LogP contribution in [0, 0.1) is 13.8 Å². The van der Waals surface area contributed by atoms with Crippen LogP contribution in [0.3, 0.4) is 0 Å². The van der Waals surface area contributed by atoms with Crippen LogP contribution in [0.2, 0.25) is 0 Å². The van der Waals surface area contributed by atoms with Crippen molar-refractivity contribution in [3.8, 4) is 0 Å². The Morgan fingerprint density at radius 1 is 0.471 bits per heavy atom. The second-order valence-corrected chi connectivity index (χ2v) is 8.75. The maximum Gasteiger partial charge on any atom is 0.196 e. The number of hydrogen-bond donors (Lipinski definition) is 0. The van der Waals surface area contributed by atoms with Gasteiger partial charge < -0.3 is 9.80 Å². The summed E-state index contributed by atoms with van der Waals surface area (Å²) in [5.74, 6) is -0.249. The lowest BCUT2D eigenvalue weighted by atomic mass is 9.81. The Kier molecular flexibility index (Phi) is 5.29. The van der Waals surface area contributed by atoms with Crippen LogP contribution in [0.4, 0.5) is 22.7 Å². The first-order chi connectivity index (χ1) is 16.4. The fourth-order valence-electron chi connectivity index (χ4n) is 4.89. The van der Waals surface area contributed by atoms with Crippen LogP contribution in [-0.2, 0) is 0 Å². The van der Waals surface area contributed by atoms with Crippen molar-refractivity contribution in [2.45, 2.75) is 13.8 Å². The third-order valence-corrected chi connectivity index (χ3v) is 6.71. The maximum absolute atomic E-state index is 13.9. The number of carbonyl (C=O) groups is 2. The predicted molar refractivity (Wildman–Crippen MR) is 138 cm³/mol. The molecule has 4 aromatic carbocycles. The highest BCUT2D eigenvalue weighted by molar-refractivity contribution is 6.32. The lowest BCUT2D eigenvalue weighted by molar-refractivity contribution is 0.0980. The highest BCUT2D eigenvalue weighted by atomic mass is 16.1. The summed E-state index contributed by atoms with van der Waals surface area (Å²) in [6.45, 7) is 4.09. The number of hydrogen-bond acceptors (Lipinski definition) is 4. The third-order valence-electron chi connectivity index (χ3n) is 6.71. The number of fused-ring (bicyclic) bond motifs is 2. The molecule has 0 heterocycles. The van der Waals surface area contributed by atoms with Gasteiger partial charge in [0.05, 0.1) is 22.5 Å². The van der Waals surface area contributed by atoms with Crippen LogP contribution in [0.25, 0.3) is 0 Å². The van der Waals surface area contributed by atoms with E-state index in [1.807, 2.05) is 111 Å². The molecule has 0 spiro atoms. The number of anilines is 4. The zero-order valence-corrected chi connectivity index (χ0v) is 19.8. The summed E-state index contributed by atoms with van der Waals surface area (Å²) in [4.78, 5) is 31.8. The molecule has 4 aromatic rings. The number of ketones is 2. The average Bonchev–Trinajstić information content (AvgIpc) is 2.86. The molecule has 0 fully saturated rings. The van der Waals surface area contributed by atoms with Gasteiger partial charge in [0, 0.05) is 36.6 Å². The van der Waals surface area contributed by atoms with E-state index in [-0.39, 0.29) is 11.6 Å². The number of nitrogens with zero attached hydrogens (tertiary/aromatic N) is 2. The molecule has 4 heteroatoms. The largest absolute Gasteiger partial charge is 0.344 e. The van der Waals surface area contributed by atoms with Crippen molar-refractivity contribution in [1.82, 2.24) is 0 Å². The van der Waals surface area contributed by atoms with E-state index in [1.54, 1.807) is 12.1 Å². The zero-order chi connectivity index (χ0) is 24.0. The summed E-state index contributed by atoms with van der Waals surface area (Å²) in [5, 5.41) is 0. The molecule has 168 valence electrons. The first-order valence-electron chi connectivity index (χ1n) is 11.3. The Bertz CT molecular complexity index is 1340. The van der Waals surface area contributed by atoms with E-state index in [4.69, 9.17) is 0 Å². The van der Waals surface area contributed by atoms with Crippen molar-refractivity contribution < 1.29 is 9.59 Å². The third kappa shape index (κ3) is 3.30. The van der Waals surface area contributed by atoms with Gasteiger partial charge in [0.1, 0.15) is 0 Å². The summed E-state index contributed by atoms with van der Waals surface area (Å²) in [6, 6.07) is 27.1. The minimum atomic E-state index is -0.124. The second kappa shape index (κ2) is 8.31. The van der Waals surface area contributed by atoms with Gasteiger partial charge in [-0.1, -0.05) is 60.7 Å². The number of aryl methyl sites for hydroxylation is 2. The zero-order valence-electron chi connectivity index (χ0n) is 19.8. The van der Waals surface area contributed by atoms with Crippen molar-refractivity contribution in [2.24, 2.45) is 0 Å². The van der Waals surface area contributed by atoms with E-state index >= 15 is 0 Å². The van der Waals surface area contributed by atoms with Gasteiger partial charge in [0.25, 0.3) is 0 Å². The van der Waals surface area contributed by atoms with Gasteiger partial charge >= 0.3 is 0 Å². The number of benzene rings is 4. The van der Waals surface area contributed by atoms with Crippen molar-refractivity contribution in [2.75, 3.05) is 23.9 Å². The molecule has 1 aliphatic rings. The molecule has 4 nitrogen and oxygen atoms in total. The first kappa shape index (κ1) is 21.7. The van der Waals surface area contributed by atoms with E-state index < -0.39 is 0 Å². The van der Waals surface area contributed by atoms with E-state index in [0.29, 0.717) is 22.3 Å². The molecular weight excluding hydrogens is 420 g/mol. The maximum atomic E-state index is 13.9. The fourth-order valence-corrected chi connectivity index (χ4v) is 4.89. The molecular formula is C30H26N2O2. The molecule has 5 rings (SSSR count). The summed E-state index contributed by atoms with van der Waals surface area (Å²) in [5.41, 5.74) is 7.42. The van der Waals surface area contributed by atoms with Gasteiger partial charge in [-0.05, 0) is 49.2 Å². The Morgan fingerprint density at radius 2 is 0.824 bits per heavy atom. The number of carbonyl (C=O) groups excluding carboxylic acids is 2. The summed E-state index contributed by atoms with van der Waals surface area (Å²) in [6.07, 6.45) is 0. The standard InChI is InChI=1S/C30H26N2O2/c1-19-11-5-9-15-23(19)31(3)25-17-18-26(32(4)24-16-10-6-12-20(24)2)28-27(25)29(33)21-13-7-8-14-22(21)30(28)34/h5-18H,1-4H3. The van der Waals surface area contributed by atoms with E-state index in [0.717, 1.165) is 33.9 Å². The summed E-state index contributed by atoms with van der Waals surface area (Å²) in [7, 11) is 3.89. The molecule has 34 heavy (non-hydrogen) atoms. The van der Waals surface area contributed by atoms with Crippen LogP contribution >= 0.6 is 0 Å². The van der Waals surface area contributed by atoms with Crippen LogP contribution in [0.15, 0.2) is 84.9 Å². The molecule has 0 N–H and O–H groups in total. The van der Waals surface area contributed by atoms with Crippen LogP contribution in [-0.4, -0.2) is 25.7 Å². The normalized spacial score (nSPS) is 12.2. The molecule has 0 aromatic heterocycles. The van der Waals surface area contributed by atoms with Crippen molar-refractivity contribution >= 4 is 34.3 Å². The van der Waals surface area contributed by atoms with Gasteiger partial charge in [-0.25, -0.2) is 0 Å². The number of rotatable bonds is 4. The van der Waals surface area contributed by atoms with Gasteiger partial charge in [0.15, 0.2) is 11.6 Å². The molecule has 0 saturated carbocycles. The Morgan fingerprint density at radius 3 is 1.21 bits per heavy atom. The first-order valence-corrected chi connectivity index (χ1v) is 11.3. The molecule has 0 bridgehead atoms. The van der Waals surface area contributed by atoms with Gasteiger partial charge in [0.2, 0.25) is 0 Å². The molecule has 0 aliphatic heterocycles. The molecule has 0 amide bonds. The van der Waals surface area contributed by atoms with Crippen LogP contribution < -0.4 is 9.80 Å². The number of para-hydroxylation sites is 2. The Labute approximate surface area is 200 Å². The molecule has 0 atom stereocenters. The monoisotopic (exact) mass is 446 g/mol. The SMILES string of the molecule is Cc1ccccc1N(C)c1ccc(N(C)c2ccccc2C)c2c1C(=O)c1ccccc1C2=O. The smallest absolute Gasteiger partial charge is 0.196 e. The highest BCUT2D eigenvalue weighted by Crippen LogP contribution is 2.42. The van der Waals surface area contributed by atoms with Gasteiger partial charge in [-0.2, -0.15) is 0 Å².